The number of hydrogen-bond acceptors (Lipinski definition) is 3. The molecule has 0 bridgehead atoms. The molecule has 3 aliphatic rings. The zero-order valence-corrected chi connectivity index (χ0v) is 16.1. The van der Waals surface area contributed by atoms with Crippen LogP contribution in [0.5, 0.6) is 0 Å². The van der Waals surface area contributed by atoms with Crippen LogP contribution in [0, 0.1) is 11.3 Å². The molecular weight excluding hydrogens is 298 g/mol. The maximum Gasteiger partial charge on any atom is 0.311 e. The SMILES string of the molecule is CCCN1CCC[C@@H]2CC3=C(CCCC3OC(=O)C(C)(C)C)C[C@H]21. The van der Waals surface area contributed by atoms with Crippen LogP contribution in [0.15, 0.2) is 11.1 Å². The van der Waals surface area contributed by atoms with Gasteiger partial charge in [0.25, 0.3) is 0 Å². The number of carbonyl (C=O) groups excluding carboxylic acids is 1. The van der Waals surface area contributed by atoms with E-state index in [1.807, 2.05) is 20.8 Å². The zero-order chi connectivity index (χ0) is 17.3. The molecule has 1 saturated heterocycles. The van der Waals surface area contributed by atoms with Crippen LogP contribution in [-0.2, 0) is 9.53 Å². The van der Waals surface area contributed by atoms with Gasteiger partial charge in [0.05, 0.1) is 5.41 Å². The van der Waals surface area contributed by atoms with E-state index in [0.29, 0.717) is 0 Å². The molecular formula is C21H35NO2. The summed E-state index contributed by atoms with van der Waals surface area (Å²) in [6.45, 7) is 10.7. The lowest BCUT2D eigenvalue weighted by Gasteiger charge is -2.47. The summed E-state index contributed by atoms with van der Waals surface area (Å²) in [6, 6.07) is 0.745. The Morgan fingerprint density at radius 1 is 1.21 bits per heavy atom. The van der Waals surface area contributed by atoms with Gasteiger partial charge in [-0.05, 0) is 96.7 Å². The summed E-state index contributed by atoms with van der Waals surface area (Å²) in [5.74, 6) is 0.734. The number of rotatable bonds is 3. The summed E-state index contributed by atoms with van der Waals surface area (Å²) in [4.78, 5) is 15.1. The fraction of sp³-hybridized carbons (Fsp3) is 0.857. The first-order valence-corrected chi connectivity index (χ1v) is 10.1. The van der Waals surface area contributed by atoms with E-state index in [0.717, 1.165) is 18.4 Å². The zero-order valence-electron chi connectivity index (χ0n) is 16.1. The van der Waals surface area contributed by atoms with E-state index >= 15 is 0 Å². The molecule has 2 aliphatic carbocycles. The van der Waals surface area contributed by atoms with Gasteiger partial charge in [-0.15, -0.1) is 0 Å². The van der Waals surface area contributed by atoms with Gasteiger partial charge >= 0.3 is 5.97 Å². The topological polar surface area (TPSA) is 29.5 Å². The van der Waals surface area contributed by atoms with Crippen molar-refractivity contribution >= 4 is 5.97 Å². The Morgan fingerprint density at radius 3 is 2.71 bits per heavy atom. The first-order chi connectivity index (χ1) is 11.4. The lowest BCUT2D eigenvalue weighted by molar-refractivity contribution is -0.157. The molecule has 0 aromatic heterocycles. The van der Waals surface area contributed by atoms with Crippen molar-refractivity contribution in [3.63, 3.8) is 0 Å². The number of ether oxygens (including phenoxy) is 1. The van der Waals surface area contributed by atoms with Gasteiger partial charge < -0.3 is 4.74 Å². The fourth-order valence-corrected chi connectivity index (χ4v) is 4.85. The van der Waals surface area contributed by atoms with Crippen LogP contribution in [0.1, 0.15) is 79.1 Å². The van der Waals surface area contributed by atoms with Crippen LogP contribution in [0.25, 0.3) is 0 Å². The molecule has 1 fully saturated rings. The van der Waals surface area contributed by atoms with E-state index in [-0.39, 0.29) is 12.1 Å². The number of piperidine rings is 1. The van der Waals surface area contributed by atoms with Crippen molar-refractivity contribution in [2.24, 2.45) is 11.3 Å². The van der Waals surface area contributed by atoms with Gasteiger partial charge in [-0.1, -0.05) is 12.5 Å². The molecule has 0 N–H and O–H groups in total. The maximum absolute atomic E-state index is 12.4. The third-order valence-corrected chi connectivity index (χ3v) is 6.13. The van der Waals surface area contributed by atoms with E-state index < -0.39 is 5.41 Å². The normalized spacial score (nSPS) is 31.4. The van der Waals surface area contributed by atoms with Crippen LogP contribution < -0.4 is 0 Å². The van der Waals surface area contributed by atoms with Gasteiger partial charge in [0.2, 0.25) is 0 Å². The third-order valence-electron chi connectivity index (χ3n) is 6.13. The highest BCUT2D eigenvalue weighted by molar-refractivity contribution is 5.75. The van der Waals surface area contributed by atoms with Crippen molar-refractivity contribution in [1.82, 2.24) is 4.90 Å². The van der Waals surface area contributed by atoms with Crippen LogP contribution in [0.3, 0.4) is 0 Å². The van der Waals surface area contributed by atoms with Crippen molar-refractivity contribution in [3.05, 3.63) is 11.1 Å². The van der Waals surface area contributed by atoms with E-state index in [1.54, 1.807) is 5.57 Å². The molecule has 3 atom stereocenters. The number of esters is 1. The average Bonchev–Trinajstić information content (AvgIpc) is 2.53. The highest BCUT2D eigenvalue weighted by Gasteiger charge is 2.40. The first-order valence-electron chi connectivity index (χ1n) is 10.1. The lowest BCUT2D eigenvalue weighted by atomic mass is 9.70. The standard InChI is InChI=1S/C21H35NO2/c1-5-11-22-12-7-9-16-13-17-15(14-18(16)22)8-6-10-19(17)24-20(23)21(2,3)4/h16,18-19H,5-14H2,1-4H3/t16-,18-,19?/m1/s1. The average molecular weight is 334 g/mol. The summed E-state index contributed by atoms with van der Waals surface area (Å²) in [7, 11) is 0. The number of hydrogen-bond donors (Lipinski definition) is 0. The molecule has 1 unspecified atom stereocenters. The van der Waals surface area contributed by atoms with Crippen LogP contribution in [0.2, 0.25) is 0 Å². The number of fused-ring (bicyclic) bond motifs is 1. The molecule has 0 spiro atoms. The number of nitrogens with zero attached hydrogens (tertiary/aromatic N) is 1. The van der Waals surface area contributed by atoms with E-state index in [1.165, 1.54) is 63.6 Å². The van der Waals surface area contributed by atoms with Crippen molar-refractivity contribution < 1.29 is 9.53 Å². The van der Waals surface area contributed by atoms with Gasteiger partial charge in [0, 0.05) is 6.04 Å². The maximum atomic E-state index is 12.4. The Balaban J connectivity index is 1.76. The molecule has 1 heterocycles. The Labute approximate surface area is 147 Å². The van der Waals surface area contributed by atoms with Gasteiger partial charge in [0.1, 0.15) is 6.10 Å². The Hall–Kier alpha value is -0.830. The number of likely N-dealkylation sites (tertiary alicyclic amines) is 1. The monoisotopic (exact) mass is 333 g/mol. The number of carbonyl (C=O) groups is 1. The molecule has 136 valence electrons. The largest absolute Gasteiger partial charge is 0.457 e. The Kier molecular flexibility index (Phi) is 5.39. The second kappa shape index (κ2) is 7.19. The van der Waals surface area contributed by atoms with Crippen LogP contribution >= 0.6 is 0 Å². The minimum Gasteiger partial charge on any atom is -0.457 e. The Bertz CT molecular complexity index is 500. The molecule has 3 nitrogen and oxygen atoms in total. The third kappa shape index (κ3) is 3.71. The van der Waals surface area contributed by atoms with Gasteiger partial charge in [-0.3, -0.25) is 9.69 Å². The van der Waals surface area contributed by atoms with E-state index in [9.17, 15) is 4.79 Å². The van der Waals surface area contributed by atoms with Gasteiger partial charge in [-0.2, -0.15) is 0 Å². The molecule has 0 aromatic carbocycles. The summed E-state index contributed by atoms with van der Waals surface area (Å²) in [6.07, 6.45) is 9.80. The fourth-order valence-electron chi connectivity index (χ4n) is 4.85. The predicted octanol–water partition coefficient (Wildman–Crippen LogP) is 4.71. The van der Waals surface area contributed by atoms with Gasteiger partial charge in [-0.25, -0.2) is 0 Å². The summed E-state index contributed by atoms with van der Waals surface area (Å²) >= 11 is 0. The minimum absolute atomic E-state index is 0.0420. The highest BCUT2D eigenvalue weighted by atomic mass is 16.5. The van der Waals surface area contributed by atoms with Crippen LogP contribution in [0.4, 0.5) is 0 Å². The minimum atomic E-state index is -0.405. The second-order valence-corrected chi connectivity index (χ2v) is 9.08. The van der Waals surface area contributed by atoms with Crippen molar-refractivity contribution in [2.75, 3.05) is 13.1 Å². The van der Waals surface area contributed by atoms with E-state index in [4.69, 9.17) is 4.74 Å². The molecule has 0 amide bonds. The van der Waals surface area contributed by atoms with Gasteiger partial charge in [0.15, 0.2) is 0 Å². The van der Waals surface area contributed by atoms with Crippen LogP contribution in [-0.4, -0.2) is 36.1 Å². The molecule has 1 aliphatic heterocycles. The predicted molar refractivity (Wildman–Crippen MR) is 97.8 cm³/mol. The quantitative estimate of drug-likeness (QED) is 0.553. The Morgan fingerprint density at radius 2 is 2.00 bits per heavy atom. The highest BCUT2D eigenvalue weighted by Crippen LogP contribution is 2.44. The molecule has 3 heteroatoms. The molecule has 0 radical (unpaired) electrons. The lowest BCUT2D eigenvalue weighted by Crippen LogP contribution is -2.48. The van der Waals surface area contributed by atoms with Crippen molar-refractivity contribution in [3.8, 4) is 0 Å². The molecule has 24 heavy (non-hydrogen) atoms. The smallest absolute Gasteiger partial charge is 0.311 e. The molecule has 3 rings (SSSR count). The van der Waals surface area contributed by atoms with E-state index in [2.05, 4.69) is 11.8 Å². The molecule has 0 saturated carbocycles. The summed E-state index contributed by atoms with van der Waals surface area (Å²) in [5.41, 5.74) is 2.72. The summed E-state index contributed by atoms with van der Waals surface area (Å²) < 4.78 is 5.97. The molecule has 0 aromatic rings. The van der Waals surface area contributed by atoms with Crippen molar-refractivity contribution in [2.45, 2.75) is 91.2 Å². The summed E-state index contributed by atoms with van der Waals surface area (Å²) in [5, 5.41) is 0. The first kappa shape index (κ1) is 18.0. The second-order valence-electron chi connectivity index (χ2n) is 9.08. The van der Waals surface area contributed by atoms with Crippen molar-refractivity contribution in [1.29, 1.82) is 0 Å².